The molecule has 0 aliphatic heterocycles. The van der Waals surface area contributed by atoms with Crippen LogP contribution in [0.2, 0.25) is 5.02 Å². The van der Waals surface area contributed by atoms with Gasteiger partial charge in [-0.2, -0.15) is 0 Å². The fraction of sp³-hybridized carbons (Fsp3) is 0.231. The molecule has 18 heavy (non-hydrogen) atoms. The van der Waals surface area contributed by atoms with Gasteiger partial charge in [0.25, 0.3) is 0 Å². The molecule has 1 aromatic heterocycles. The normalized spacial score (nSPS) is 10.6. The van der Waals surface area contributed by atoms with Gasteiger partial charge in [-0.1, -0.05) is 11.6 Å². The molecule has 5 heteroatoms. The van der Waals surface area contributed by atoms with Crippen LogP contribution in [0.25, 0.3) is 10.9 Å². The topological polar surface area (TPSA) is 65.2 Å². The number of amides is 1. The molecule has 0 unspecified atom stereocenters. The van der Waals surface area contributed by atoms with E-state index in [1.807, 2.05) is 13.0 Å². The Bertz CT molecular complexity index is 626. The second-order valence-electron chi connectivity index (χ2n) is 4.07. The number of carbonyl (C=O) groups excluding carboxylic acids is 1. The molecule has 2 rings (SSSR count). The van der Waals surface area contributed by atoms with E-state index in [-0.39, 0.29) is 6.42 Å². The first-order valence-electron chi connectivity index (χ1n) is 5.43. The number of aryl methyl sites for hydroxylation is 1. The van der Waals surface area contributed by atoms with Gasteiger partial charge in [0.15, 0.2) is 0 Å². The van der Waals surface area contributed by atoms with Crippen molar-refractivity contribution in [3.8, 4) is 5.75 Å². The van der Waals surface area contributed by atoms with Crippen molar-refractivity contribution in [3.05, 3.63) is 34.5 Å². The lowest BCUT2D eigenvalue weighted by molar-refractivity contribution is -0.117. The number of ether oxygens (including phenoxy) is 1. The van der Waals surface area contributed by atoms with E-state index >= 15 is 0 Å². The van der Waals surface area contributed by atoms with E-state index in [9.17, 15) is 4.79 Å². The molecule has 0 fully saturated rings. The molecule has 0 atom stereocenters. The quantitative estimate of drug-likeness (QED) is 0.925. The second-order valence-corrected chi connectivity index (χ2v) is 4.51. The lowest BCUT2D eigenvalue weighted by Crippen LogP contribution is -2.14. The maximum atomic E-state index is 11.1. The number of methoxy groups -OCH3 is 1. The third-order valence-electron chi connectivity index (χ3n) is 2.63. The lowest BCUT2D eigenvalue weighted by atomic mass is 10.1. The first-order valence-corrected chi connectivity index (χ1v) is 5.81. The fourth-order valence-corrected chi connectivity index (χ4v) is 2.18. The largest absolute Gasteiger partial charge is 0.496 e. The van der Waals surface area contributed by atoms with Gasteiger partial charge in [0.1, 0.15) is 5.75 Å². The van der Waals surface area contributed by atoms with E-state index in [1.54, 1.807) is 19.2 Å². The van der Waals surface area contributed by atoms with Crippen LogP contribution in [0, 0.1) is 6.92 Å². The number of aromatic nitrogens is 1. The minimum absolute atomic E-state index is 0.108. The summed E-state index contributed by atoms with van der Waals surface area (Å²) < 4.78 is 5.31. The molecule has 1 aromatic carbocycles. The molecule has 94 valence electrons. The van der Waals surface area contributed by atoms with Crippen molar-refractivity contribution in [2.75, 3.05) is 7.11 Å². The highest BCUT2D eigenvalue weighted by molar-refractivity contribution is 6.31. The zero-order chi connectivity index (χ0) is 13.3. The van der Waals surface area contributed by atoms with Crippen LogP contribution in [0.1, 0.15) is 11.3 Å². The molecule has 0 saturated heterocycles. The fourth-order valence-electron chi connectivity index (χ4n) is 1.94. The number of hydrogen-bond donors (Lipinski definition) is 1. The van der Waals surface area contributed by atoms with Crippen LogP contribution >= 0.6 is 11.6 Å². The Hall–Kier alpha value is -1.81. The Kier molecular flexibility index (Phi) is 3.39. The third-order valence-corrected chi connectivity index (χ3v) is 2.85. The molecule has 2 N–H and O–H groups in total. The molecular formula is C13H13ClN2O2. The monoisotopic (exact) mass is 264 g/mol. The van der Waals surface area contributed by atoms with E-state index in [2.05, 4.69) is 4.98 Å². The van der Waals surface area contributed by atoms with Crippen LogP contribution in [0.4, 0.5) is 0 Å². The number of fused-ring (bicyclic) bond motifs is 1. The summed E-state index contributed by atoms with van der Waals surface area (Å²) in [6.07, 6.45) is 0.108. The molecule has 1 amide bonds. The second kappa shape index (κ2) is 4.82. The first-order chi connectivity index (χ1) is 8.51. The molecule has 0 spiro atoms. The van der Waals surface area contributed by atoms with Crippen LogP contribution in [-0.2, 0) is 11.2 Å². The zero-order valence-electron chi connectivity index (χ0n) is 10.2. The maximum Gasteiger partial charge on any atom is 0.221 e. The van der Waals surface area contributed by atoms with Gasteiger partial charge in [-0.25, -0.2) is 0 Å². The Balaban J connectivity index is 2.77. The van der Waals surface area contributed by atoms with Gasteiger partial charge in [-0.3, -0.25) is 9.78 Å². The standard InChI is InChI=1S/C13H13ClN2O2/c1-7-3-11(18-2)10-6-9(14)4-8(5-12(15)17)13(10)16-7/h3-4,6H,5H2,1-2H3,(H2,15,17). The summed E-state index contributed by atoms with van der Waals surface area (Å²) in [6, 6.07) is 5.31. The van der Waals surface area contributed by atoms with Crippen molar-refractivity contribution in [1.29, 1.82) is 0 Å². The summed E-state index contributed by atoms with van der Waals surface area (Å²) in [5.41, 5.74) is 7.46. The predicted octanol–water partition coefficient (Wildman–Crippen LogP) is 2.23. The van der Waals surface area contributed by atoms with E-state index in [0.717, 1.165) is 11.1 Å². The molecule has 4 nitrogen and oxygen atoms in total. The minimum atomic E-state index is -0.416. The summed E-state index contributed by atoms with van der Waals surface area (Å²) in [4.78, 5) is 15.5. The number of nitrogens with two attached hydrogens (primary N) is 1. The maximum absolute atomic E-state index is 11.1. The van der Waals surface area contributed by atoms with Crippen molar-refractivity contribution in [1.82, 2.24) is 4.98 Å². The molecule has 0 bridgehead atoms. The third kappa shape index (κ3) is 2.38. The van der Waals surface area contributed by atoms with Crippen molar-refractivity contribution in [3.63, 3.8) is 0 Å². The zero-order valence-corrected chi connectivity index (χ0v) is 10.9. The number of halogens is 1. The molecular weight excluding hydrogens is 252 g/mol. The molecule has 0 radical (unpaired) electrons. The summed E-state index contributed by atoms with van der Waals surface area (Å²) >= 11 is 6.04. The van der Waals surface area contributed by atoms with Crippen LogP contribution in [0.5, 0.6) is 5.75 Å². The highest BCUT2D eigenvalue weighted by Gasteiger charge is 2.12. The summed E-state index contributed by atoms with van der Waals surface area (Å²) in [5, 5.41) is 1.31. The Morgan fingerprint density at radius 2 is 2.17 bits per heavy atom. The molecule has 1 heterocycles. The lowest BCUT2D eigenvalue weighted by Gasteiger charge is -2.10. The number of hydrogen-bond acceptors (Lipinski definition) is 3. The molecule has 0 aliphatic carbocycles. The van der Waals surface area contributed by atoms with E-state index in [4.69, 9.17) is 22.1 Å². The highest BCUT2D eigenvalue weighted by atomic mass is 35.5. The number of benzene rings is 1. The molecule has 0 aliphatic rings. The van der Waals surface area contributed by atoms with Gasteiger partial charge in [0.2, 0.25) is 5.91 Å². The number of primary amides is 1. The van der Waals surface area contributed by atoms with Crippen molar-refractivity contribution in [2.45, 2.75) is 13.3 Å². The van der Waals surface area contributed by atoms with Gasteiger partial charge >= 0.3 is 0 Å². The summed E-state index contributed by atoms with van der Waals surface area (Å²) in [7, 11) is 1.59. The number of carbonyl (C=O) groups is 1. The number of rotatable bonds is 3. The average molecular weight is 265 g/mol. The van der Waals surface area contributed by atoms with Crippen molar-refractivity contribution in [2.24, 2.45) is 5.73 Å². The van der Waals surface area contributed by atoms with Crippen LogP contribution < -0.4 is 10.5 Å². The Labute approximate surface area is 110 Å². The smallest absolute Gasteiger partial charge is 0.221 e. The van der Waals surface area contributed by atoms with Crippen molar-refractivity contribution >= 4 is 28.4 Å². The Morgan fingerprint density at radius 1 is 1.44 bits per heavy atom. The molecule has 0 saturated carbocycles. The predicted molar refractivity (Wildman–Crippen MR) is 70.9 cm³/mol. The van der Waals surface area contributed by atoms with E-state index in [1.165, 1.54) is 0 Å². The average Bonchev–Trinajstić information content (AvgIpc) is 2.28. The highest BCUT2D eigenvalue weighted by Crippen LogP contribution is 2.30. The summed E-state index contributed by atoms with van der Waals surface area (Å²) in [5.74, 6) is 0.270. The first kappa shape index (κ1) is 12.6. The van der Waals surface area contributed by atoms with Gasteiger partial charge in [-0.15, -0.1) is 0 Å². The van der Waals surface area contributed by atoms with E-state index in [0.29, 0.717) is 21.9 Å². The van der Waals surface area contributed by atoms with Gasteiger partial charge in [0.05, 0.1) is 19.0 Å². The van der Waals surface area contributed by atoms with Crippen LogP contribution in [-0.4, -0.2) is 18.0 Å². The van der Waals surface area contributed by atoms with Crippen molar-refractivity contribution < 1.29 is 9.53 Å². The molecule has 2 aromatic rings. The Morgan fingerprint density at radius 3 is 2.78 bits per heavy atom. The van der Waals surface area contributed by atoms with Crippen LogP contribution in [0.15, 0.2) is 18.2 Å². The SMILES string of the molecule is COc1cc(C)nc2c(CC(N)=O)cc(Cl)cc12. The number of nitrogens with zero attached hydrogens (tertiary/aromatic N) is 1. The van der Waals surface area contributed by atoms with Gasteiger partial charge in [-0.05, 0) is 24.6 Å². The van der Waals surface area contributed by atoms with E-state index < -0.39 is 5.91 Å². The minimum Gasteiger partial charge on any atom is -0.496 e. The van der Waals surface area contributed by atoms with Gasteiger partial charge in [0, 0.05) is 22.2 Å². The van der Waals surface area contributed by atoms with Gasteiger partial charge < -0.3 is 10.5 Å². The summed E-state index contributed by atoms with van der Waals surface area (Å²) in [6.45, 7) is 1.87. The van der Waals surface area contributed by atoms with Crippen LogP contribution in [0.3, 0.4) is 0 Å². The number of pyridine rings is 1.